The van der Waals surface area contributed by atoms with E-state index >= 15 is 0 Å². The van der Waals surface area contributed by atoms with Crippen molar-refractivity contribution in [3.8, 4) is 0 Å². The van der Waals surface area contributed by atoms with Gasteiger partial charge in [-0.2, -0.15) is 0 Å². The summed E-state index contributed by atoms with van der Waals surface area (Å²) in [6.45, 7) is 4.32. The molecular weight excluding hydrogens is 200 g/mol. The summed E-state index contributed by atoms with van der Waals surface area (Å²) in [6.07, 6.45) is 0.906. The minimum absolute atomic E-state index is 0.0422. The third-order valence-electron chi connectivity index (χ3n) is 2.87. The first-order valence-electron chi connectivity index (χ1n) is 5.45. The number of carbonyl (C=O) groups excluding carboxylic acids is 1. The molecule has 1 aliphatic rings. The number of carbonyl (C=O) groups is 1. The van der Waals surface area contributed by atoms with Crippen molar-refractivity contribution < 1.29 is 4.79 Å². The van der Waals surface area contributed by atoms with Gasteiger partial charge < -0.3 is 0 Å². The second-order valence-corrected chi connectivity index (χ2v) is 4.04. The molecule has 3 nitrogen and oxygen atoms in total. The molecule has 84 valence electrons. The van der Waals surface area contributed by atoms with Crippen LogP contribution in [0.25, 0.3) is 0 Å². The fourth-order valence-electron chi connectivity index (χ4n) is 1.96. The number of benzene rings is 1. The van der Waals surface area contributed by atoms with E-state index in [0.29, 0.717) is 0 Å². The maximum atomic E-state index is 11.3. The SMILES string of the molecule is CC(=O)N1NCC(Cc2ccccc2)=C1C. The van der Waals surface area contributed by atoms with Crippen LogP contribution >= 0.6 is 0 Å². The largest absolute Gasteiger partial charge is 0.273 e. The highest BCUT2D eigenvalue weighted by molar-refractivity contribution is 5.75. The van der Waals surface area contributed by atoms with Crippen molar-refractivity contribution in [3.63, 3.8) is 0 Å². The second kappa shape index (κ2) is 4.49. The fourth-order valence-corrected chi connectivity index (χ4v) is 1.96. The Morgan fingerprint density at radius 2 is 2.06 bits per heavy atom. The van der Waals surface area contributed by atoms with Crippen LogP contribution in [0.2, 0.25) is 0 Å². The number of amides is 1. The Bertz CT molecular complexity index is 423. The van der Waals surface area contributed by atoms with Gasteiger partial charge in [-0.15, -0.1) is 0 Å². The van der Waals surface area contributed by atoms with Crippen molar-refractivity contribution in [1.29, 1.82) is 0 Å². The topological polar surface area (TPSA) is 32.3 Å². The summed E-state index contributed by atoms with van der Waals surface area (Å²) in [5.41, 5.74) is 6.68. The average Bonchev–Trinajstić information content (AvgIpc) is 2.62. The van der Waals surface area contributed by atoms with E-state index in [9.17, 15) is 4.79 Å². The Hall–Kier alpha value is -1.61. The first kappa shape index (κ1) is 10.9. The maximum Gasteiger partial charge on any atom is 0.237 e. The first-order chi connectivity index (χ1) is 7.68. The van der Waals surface area contributed by atoms with Gasteiger partial charge in [0.05, 0.1) is 0 Å². The predicted octanol–water partition coefficient (Wildman–Crippen LogP) is 1.87. The molecule has 1 N–H and O–H groups in total. The molecule has 0 bridgehead atoms. The molecule has 0 radical (unpaired) electrons. The van der Waals surface area contributed by atoms with Crippen LogP contribution in [0, 0.1) is 0 Å². The lowest BCUT2D eigenvalue weighted by Gasteiger charge is -2.14. The smallest absolute Gasteiger partial charge is 0.237 e. The fraction of sp³-hybridized carbons (Fsp3) is 0.308. The number of nitrogens with zero attached hydrogens (tertiary/aromatic N) is 1. The van der Waals surface area contributed by atoms with Gasteiger partial charge in [-0.25, -0.2) is 10.4 Å². The molecular formula is C13H16N2O. The van der Waals surface area contributed by atoms with Gasteiger partial charge in [-0.05, 0) is 24.5 Å². The number of hydrazine groups is 1. The Balaban J connectivity index is 2.14. The molecule has 0 aromatic heterocycles. The van der Waals surface area contributed by atoms with E-state index in [1.54, 1.807) is 11.9 Å². The molecule has 0 unspecified atom stereocenters. The molecule has 0 saturated heterocycles. The van der Waals surface area contributed by atoms with E-state index < -0.39 is 0 Å². The van der Waals surface area contributed by atoms with Gasteiger partial charge >= 0.3 is 0 Å². The molecule has 0 atom stereocenters. The van der Waals surface area contributed by atoms with Crippen LogP contribution in [-0.2, 0) is 11.2 Å². The Kier molecular flexibility index (Phi) is 3.06. The van der Waals surface area contributed by atoms with Crippen molar-refractivity contribution in [2.45, 2.75) is 20.3 Å². The molecule has 0 saturated carbocycles. The lowest BCUT2D eigenvalue weighted by atomic mass is 10.0. The van der Waals surface area contributed by atoms with Crippen molar-refractivity contribution >= 4 is 5.91 Å². The van der Waals surface area contributed by atoms with Gasteiger partial charge in [0, 0.05) is 19.2 Å². The summed E-state index contributed by atoms with van der Waals surface area (Å²) >= 11 is 0. The van der Waals surface area contributed by atoms with Crippen molar-refractivity contribution in [2.24, 2.45) is 0 Å². The highest BCUT2D eigenvalue weighted by Crippen LogP contribution is 2.18. The molecule has 0 fully saturated rings. The summed E-state index contributed by atoms with van der Waals surface area (Å²) in [5.74, 6) is 0.0422. The van der Waals surface area contributed by atoms with Crippen LogP contribution in [0.15, 0.2) is 41.6 Å². The van der Waals surface area contributed by atoms with Gasteiger partial charge in [0.25, 0.3) is 0 Å². The summed E-state index contributed by atoms with van der Waals surface area (Å²) in [4.78, 5) is 11.3. The van der Waals surface area contributed by atoms with Crippen LogP contribution in [-0.4, -0.2) is 17.5 Å². The molecule has 2 rings (SSSR count). The standard InChI is InChI=1S/C13H16N2O/c1-10-13(9-14-15(10)11(2)16)8-12-6-4-3-5-7-12/h3-7,14H,8-9H2,1-2H3. The molecule has 3 heteroatoms. The van der Waals surface area contributed by atoms with Gasteiger partial charge in [0.1, 0.15) is 0 Å². The first-order valence-corrected chi connectivity index (χ1v) is 5.45. The van der Waals surface area contributed by atoms with Crippen LogP contribution in [0.1, 0.15) is 19.4 Å². The maximum absolute atomic E-state index is 11.3. The number of hydrogen-bond acceptors (Lipinski definition) is 2. The molecule has 1 amide bonds. The zero-order valence-corrected chi connectivity index (χ0v) is 9.66. The summed E-state index contributed by atoms with van der Waals surface area (Å²) < 4.78 is 0. The zero-order chi connectivity index (χ0) is 11.5. The monoisotopic (exact) mass is 216 g/mol. The van der Waals surface area contributed by atoms with E-state index in [0.717, 1.165) is 18.7 Å². The zero-order valence-electron chi connectivity index (χ0n) is 9.66. The molecule has 0 spiro atoms. The number of nitrogens with one attached hydrogen (secondary N) is 1. The highest BCUT2D eigenvalue weighted by atomic mass is 16.2. The predicted molar refractivity (Wildman–Crippen MR) is 63.4 cm³/mol. The van der Waals surface area contributed by atoms with Crippen molar-refractivity contribution in [1.82, 2.24) is 10.4 Å². The van der Waals surface area contributed by atoms with Crippen LogP contribution in [0.3, 0.4) is 0 Å². The summed E-state index contributed by atoms with van der Waals surface area (Å²) in [7, 11) is 0. The van der Waals surface area contributed by atoms with Crippen molar-refractivity contribution in [2.75, 3.05) is 6.54 Å². The third-order valence-corrected chi connectivity index (χ3v) is 2.87. The Morgan fingerprint density at radius 3 is 2.62 bits per heavy atom. The summed E-state index contributed by atoms with van der Waals surface area (Å²) in [5, 5.41) is 1.62. The molecule has 1 aromatic rings. The van der Waals surface area contributed by atoms with E-state index in [4.69, 9.17) is 0 Å². The lowest BCUT2D eigenvalue weighted by Crippen LogP contribution is -2.35. The van der Waals surface area contributed by atoms with Gasteiger partial charge in [0.15, 0.2) is 0 Å². The van der Waals surface area contributed by atoms with E-state index in [2.05, 4.69) is 17.6 Å². The number of allylic oxidation sites excluding steroid dienone is 1. The van der Waals surface area contributed by atoms with Gasteiger partial charge in [-0.1, -0.05) is 30.3 Å². The Labute approximate surface area is 95.7 Å². The molecule has 16 heavy (non-hydrogen) atoms. The van der Waals surface area contributed by atoms with Gasteiger partial charge in [-0.3, -0.25) is 4.79 Å². The van der Waals surface area contributed by atoms with Gasteiger partial charge in [0.2, 0.25) is 5.91 Å². The Morgan fingerprint density at radius 1 is 1.38 bits per heavy atom. The van der Waals surface area contributed by atoms with Crippen molar-refractivity contribution in [3.05, 3.63) is 47.2 Å². The molecule has 1 aliphatic heterocycles. The minimum Gasteiger partial charge on any atom is -0.273 e. The number of rotatable bonds is 2. The van der Waals surface area contributed by atoms with E-state index in [1.807, 2.05) is 25.1 Å². The average molecular weight is 216 g/mol. The quantitative estimate of drug-likeness (QED) is 0.818. The van der Waals surface area contributed by atoms with Crippen LogP contribution in [0.5, 0.6) is 0 Å². The lowest BCUT2D eigenvalue weighted by molar-refractivity contribution is -0.128. The van der Waals surface area contributed by atoms with E-state index in [1.165, 1.54) is 11.1 Å². The number of hydrogen-bond donors (Lipinski definition) is 1. The molecule has 0 aliphatic carbocycles. The third kappa shape index (κ3) is 2.14. The normalized spacial score (nSPS) is 15.8. The molecule has 1 aromatic carbocycles. The highest BCUT2D eigenvalue weighted by Gasteiger charge is 2.21. The summed E-state index contributed by atoms with van der Waals surface area (Å²) in [6, 6.07) is 10.3. The minimum atomic E-state index is 0.0422. The molecule has 1 heterocycles. The van der Waals surface area contributed by atoms with Crippen LogP contribution < -0.4 is 5.43 Å². The van der Waals surface area contributed by atoms with Crippen LogP contribution in [0.4, 0.5) is 0 Å². The second-order valence-electron chi connectivity index (χ2n) is 4.04. The van der Waals surface area contributed by atoms with E-state index in [-0.39, 0.29) is 5.91 Å².